The predicted octanol–water partition coefficient (Wildman–Crippen LogP) is 2.44. The van der Waals surface area contributed by atoms with Crippen LogP contribution in [0.25, 0.3) is 0 Å². The minimum absolute atomic E-state index is 0.0265. The number of rotatable bonds is 10. The van der Waals surface area contributed by atoms with E-state index in [9.17, 15) is 34.4 Å². The highest BCUT2D eigenvalue weighted by Gasteiger charge is 2.34. The minimum atomic E-state index is -1.57. The number of esters is 2. The Labute approximate surface area is 188 Å². The average molecular weight is 458 g/mol. The summed E-state index contributed by atoms with van der Waals surface area (Å²) in [5, 5.41) is 23.1. The molecular weight excluding hydrogens is 436 g/mol. The van der Waals surface area contributed by atoms with E-state index in [1.807, 2.05) is 0 Å². The Bertz CT molecular complexity index is 1050. The van der Waals surface area contributed by atoms with Gasteiger partial charge in [0.15, 0.2) is 0 Å². The summed E-state index contributed by atoms with van der Waals surface area (Å²) >= 11 is 0. The highest BCUT2D eigenvalue weighted by molar-refractivity contribution is 5.97. The summed E-state index contributed by atoms with van der Waals surface area (Å²) in [6.07, 6.45) is -0.392. The van der Waals surface area contributed by atoms with Crippen molar-refractivity contribution in [2.45, 2.75) is 32.2 Å². The van der Waals surface area contributed by atoms with Crippen LogP contribution in [-0.4, -0.2) is 46.5 Å². The molecule has 0 spiro atoms. The lowest BCUT2D eigenvalue weighted by atomic mass is 9.88. The van der Waals surface area contributed by atoms with Crippen LogP contribution in [0.4, 0.5) is 5.69 Å². The van der Waals surface area contributed by atoms with E-state index in [2.05, 4.69) is 5.32 Å². The second-order valence-corrected chi connectivity index (χ2v) is 6.88. The number of nitro groups is 1. The summed E-state index contributed by atoms with van der Waals surface area (Å²) in [6.45, 7) is 2.85. The third kappa shape index (κ3) is 7.13. The van der Waals surface area contributed by atoms with E-state index in [-0.39, 0.29) is 29.2 Å². The molecule has 0 fully saturated rings. The Morgan fingerprint density at radius 2 is 1.79 bits per heavy atom. The van der Waals surface area contributed by atoms with Crippen molar-refractivity contribution >= 4 is 29.5 Å². The number of carbonyl (C=O) groups is 4. The van der Waals surface area contributed by atoms with Gasteiger partial charge in [-0.05, 0) is 30.7 Å². The summed E-state index contributed by atoms with van der Waals surface area (Å²) in [5.41, 5.74) is 0.0976. The number of non-ortho nitro benzene ring substituents is 1. The van der Waals surface area contributed by atoms with E-state index >= 15 is 0 Å². The van der Waals surface area contributed by atoms with Crippen molar-refractivity contribution < 1.29 is 38.7 Å². The Morgan fingerprint density at radius 3 is 2.33 bits per heavy atom. The van der Waals surface area contributed by atoms with Gasteiger partial charge in [0.05, 0.1) is 18.0 Å². The van der Waals surface area contributed by atoms with Gasteiger partial charge in [0, 0.05) is 30.5 Å². The lowest BCUT2D eigenvalue weighted by Crippen LogP contribution is -2.45. The summed E-state index contributed by atoms with van der Waals surface area (Å²) in [7, 11) is 0. The Hall–Kier alpha value is -4.28. The van der Waals surface area contributed by atoms with Gasteiger partial charge in [-0.3, -0.25) is 24.5 Å². The standard InChI is InChI=1S/C22H22N2O9/c1-3-32-19(26)12-18(14-7-9-16(10-8-14)24(30)31)20(22(28)29)23-21(27)15-5-4-6-17(11-15)33-13(2)25/h4-11,18,20H,3,12H2,1-2H3,(H,23,27)(H,28,29)/t18-,20-/m0/s1. The van der Waals surface area contributed by atoms with Crippen molar-refractivity contribution in [2.24, 2.45) is 0 Å². The number of nitro benzene ring substituents is 1. The van der Waals surface area contributed by atoms with Crippen molar-refractivity contribution in [1.82, 2.24) is 5.32 Å². The first-order valence-corrected chi connectivity index (χ1v) is 9.84. The number of carbonyl (C=O) groups excluding carboxylic acids is 3. The normalized spacial score (nSPS) is 12.2. The van der Waals surface area contributed by atoms with Crippen molar-refractivity contribution in [3.63, 3.8) is 0 Å². The summed E-state index contributed by atoms with van der Waals surface area (Å²) in [4.78, 5) is 58.4. The number of nitrogens with one attached hydrogen (secondary N) is 1. The van der Waals surface area contributed by atoms with Crippen molar-refractivity contribution in [2.75, 3.05) is 6.61 Å². The van der Waals surface area contributed by atoms with Crippen LogP contribution in [0.5, 0.6) is 5.75 Å². The number of amides is 1. The van der Waals surface area contributed by atoms with Gasteiger partial charge in [0.1, 0.15) is 11.8 Å². The molecule has 0 aliphatic carbocycles. The molecule has 1 amide bonds. The minimum Gasteiger partial charge on any atom is -0.480 e. The third-order valence-corrected chi connectivity index (χ3v) is 4.54. The largest absolute Gasteiger partial charge is 0.480 e. The maximum Gasteiger partial charge on any atom is 0.326 e. The molecule has 0 aliphatic heterocycles. The van der Waals surface area contributed by atoms with Crippen molar-refractivity contribution in [3.8, 4) is 5.75 Å². The summed E-state index contributed by atoms with van der Waals surface area (Å²) in [5.74, 6) is -4.48. The zero-order valence-electron chi connectivity index (χ0n) is 17.8. The van der Waals surface area contributed by atoms with Gasteiger partial charge >= 0.3 is 17.9 Å². The first kappa shape index (κ1) is 25.0. The maximum atomic E-state index is 12.8. The number of hydrogen-bond acceptors (Lipinski definition) is 8. The molecule has 0 heterocycles. The molecule has 0 radical (unpaired) electrons. The number of hydrogen-bond donors (Lipinski definition) is 2. The van der Waals surface area contributed by atoms with Crippen molar-refractivity contribution in [1.29, 1.82) is 0 Å². The van der Waals surface area contributed by atoms with Gasteiger partial charge in [-0.15, -0.1) is 0 Å². The Balaban J connectivity index is 2.37. The molecule has 0 aliphatic rings. The van der Waals surface area contributed by atoms with E-state index in [4.69, 9.17) is 9.47 Å². The Morgan fingerprint density at radius 1 is 1.12 bits per heavy atom. The van der Waals surface area contributed by atoms with Crippen LogP contribution in [0.3, 0.4) is 0 Å². The molecule has 2 N–H and O–H groups in total. The Kier molecular flexibility index (Phi) is 8.61. The van der Waals surface area contributed by atoms with Crippen LogP contribution < -0.4 is 10.1 Å². The van der Waals surface area contributed by atoms with E-state index in [1.165, 1.54) is 55.5 Å². The highest BCUT2D eigenvalue weighted by atomic mass is 16.6. The molecule has 0 unspecified atom stereocenters. The SMILES string of the molecule is CCOC(=O)C[C@@H](c1ccc([N+](=O)[O-])cc1)[C@H](NC(=O)c1cccc(OC(C)=O)c1)C(=O)O. The van der Waals surface area contributed by atoms with Gasteiger partial charge < -0.3 is 19.9 Å². The second-order valence-electron chi connectivity index (χ2n) is 6.88. The van der Waals surface area contributed by atoms with Crippen LogP contribution in [0.2, 0.25) is 0 Å². The van der Waals surface area contributed by atoms with Gasteiger partial charge in [-0.1, -0.05) is 18.2 Å². The van der Waals surface area contributed by atoms with E-state index in [0.717, 1.165) is 0 Å². The topological polar surface area (TPSA) is 162 Å². The van der Waals surface area contributed by atoms with Gasteiger partial charge in [-0.2, -0.15) is 0 Å². The molecule has 2 aromatic carbocycles. The van der Waals surface area contributed by atoms with Crippen molar-refractivity contribution in [3.05, 3.63) is 69.8 Å². The number of nitrogens with zero attached hydrogens (tertiary/aromatic N) is 1. The average Bonchev–Trinajstić information content (AvgIpc) is 2.75. The van der Waals surface area contributed by atoms with Crippen LogP contribution >= 0.6 is 0 Å². The molecule has 2 aromatic rings. The van der Waals surface area contributed by atoms with Gasteiger partial charge in [-0.25, -0.2) is 4.79 Å². The summed E-state index contributed by atoms with van der Waals surface area (Å²) in [6, 6.07) is 9.00. The van der Waals surface area contributed by atoms with Gasteiger partial charge in [0.2, 0.25) is 0 Å². The highest BCUT2D eigenvalue weighted by Crippen LogP contribution is 2.27. The lowest BCUT2D eigenvalue weighted by Gasteiger charge is -2.25. The molecule has 174 valence electrons. The number of aliphatic carboxylic acids is 1. The molecule has 33 heavy (non-hydrogen) atoms. The summed E-state index contributed by atoms with van der Waals surface area (Å²) < 4.78 is 9.86. The number of carboxylic acids is 1. The van der Waals surface area contributed by atoms with Gasteiger partial charge in [0.25, 0.3) is 11.6 Å². The number of carboxylic acid groups (broad SMARTS) is 1. The molecule has 0 bridgehead atoms. The molecule has 11 nitrogen and oxygen atoms in total. The van der Waals surface area contributed by atoms with E-state index < -0.39 is 47.1 Å². The molecule has 0 saturated carbocycles. The lowest BCUT2D eigenvalue weighted by molar-refractivity contribution is -0.384. The van der Waals surface area contributed by atoms with Crippen LogP contribution in [0.15, 0.2) is 48.5 Å². The smallest absolute Gasteiger partial charge is 0.326 e. The molecule has 2 rings (SSSR count). The molecule has 2 atom stereocenters. The molecule has 0 aromatic heterocycles. The first-order chi connectivity index (χ1) is 15.6. The zero-order chi connectivity index (χ0) is 24.5. The fraction of sp³-hybridized carbons (Fsp3) is 0.273. The number of benzene rings is 2. The fourth-order valence-electron chi connectivity index (χ4n) is 3.10. The van der Waals surface area contributed by atoms with Crippen LogP contribution in [0.1, 0.15) is 42.1 Å². The zero-order valence-corrected chi connectivity index (χ0v) is 17.8. The fourth-order valence-corrected chi connectivity index (χ4v) is 3.10. The number of ether oxygens (including phenoxy) is 2. The van der Waals surface area contributed by atoms with Crippen LogP contribution in [-0.2, 0) is 19.1 Å². The first-order valence-electron chi connectivity index (χ1n) is 9.84. The van der Waals surface area contributed by atoms with E-state index in [1.54, 1.807) is 6.92 Å². The monoisotopic (exact) mass is 458 g/mol. The maximum absolute atomic E-state index is 12.8. The molecule has 11 heteroatoms. The second kappa shape index (κ2) is 11.4. The van der Waals surface area contributed by atoms with Crippen LogP contribution in [0, 0.1) is 10.1 Å². The molecule has 0 saturated heterocycles. The predicted molar refractivity (Wildman–Crippen MR) is 114 cm³/mol. The quantitative estimate of drug-likeness (QED) is 0.236. The van der Waals surface area contributed by atoms with E-state index in [0.29, 0.717) is 0 Å². The molecular formula is C22H22N2O9. The third-order valence-electron chi connectivity index (χ3n) is 4.54.